The van der Waals surface area contributed by atoms with E-state index in [9.17, 15) is 9.18 Å². The highest BCUT2D eigenvalue weighted by molar-refractivity contribution is 9.11. The highest BCUT2D eigenvalue weighted by Crippen LogP contribution is 2.39. The summed E-state index contributed by atoms with van der Waals surface area (Å²) in [6.07, 6.45) is 0.550. The Hall–Kier alpha value is -1.15. The van der Waals surface area contributed by atoms with Crippen molar-refractivity contribution >= 4 is 60.6 Å². The maximum absolute atomic E-state index is 13.5. The summed E-state index contributed by atoms with van der Waals surface area (Å²) >= 11 is 12.8. The van der Waals surface area contributed by atoms with Crippen LogP contribution in [0.4, 0.5) is 15.8 Å². The van der Waals surface area contributed by atoms with Gasteiger partial charge in [-0.2, -0.15) is 0 Å². The molecule has 0 fully saturated rings. The molecule has 0 heterocycles. The number of carbonyl (C=O) groups is 1. The lowest BCUT2D eigenvalue weighted by atomic mass is 10.0. The SMILES string of the molecule is C[C@H](CCO)Nc1cc(Br)c(C(=O)c2cc(F)ccc2Cl)c(Br)c1N. The van der Waals surface area contributed by atoms with Crippen LogP contribution in [0.2, 0.25) is 5.02 Å². The molecule has 2 aromatic rings. The van der Waals surface area contributed by atoms with Gasteiger partial charge in [-0.15, -0.1) is 0 Å². The van der Waals surface area contributed by atoms with Crippen molar-refractivity contribution in [3.8, 4) is 0 Å². The molecule has 0 saturated carbocycles. The van der Waals surface area contributed by atoms with E-state index >= 15 is 0 Å². The van der Waals surface area contributed by atoms with Gasteiger partial charge in [0.05, 0.1) is 26.4 Å². The number of hydrogen-bond donors (Lipinski definition) is 3. The number of carbonyl (C=O) groups excluding carboxylic acids is 1. The van der Waals surface area contributed by atoms with E-state index in [-0.39, 0.29) is 28.8 Å². The normalized spacial score (nSPS) is 12.1. The average Bonchev–Trinajstić information content (AvgIpc) is 2.54. The number of benzene rings is 2. The van der Waals surface area contributed by atoms with E-state index in [0.29, 0.717) is 26.7 Å². The quantitative estimate of drug-likeness (QED) is 0.390. The van der Waals surface area contributed by atoms with E-state index in [1.54, 1.807) is 6.07 Å². The van der Waals surface area contributed by atoms with Crippen LogP contribution in [-0.2, 0) is 0 Å². The second-order valence-electron chi connectivity index (χ2n) is 5.52. The molecular weight excluding hydrogens is 478 g/mol. The Kier molecular flexibility index (Phi) is 6.85. The van der Waals surface area contributed by atoms with Gasteiger partial charge in [-0.3, -0.25) is 4.79 Å². The molecule has 2 aromatic carbocycles. The summed E-state index contributed by atoms with van der Waals surface area (Å²) in [5.41, 5.74) is 7.39. The number of ketones is 1. The molecule has 0 spiro atoms. The fraction of sp³-hybridized carbons (Fsp3) is 0.235. The standard InChI is InChI=1S/C17H16Br2ClFN2O2/c1-8(4-5-24)23-13-7-11(18)14(15(19)16(13)22)17(25)10-6-9(21)2-3-12(10)20/h2-3,6-8,23-24H,4-5,22H2,1H3/t8-/m1/s1. The topological polar surface area (TPSA) is 75.3 Å². The fourth-order valence-electron chi connectivity index (χ4n) is 2.30. The summed E-state index contributed by atoms with van der Waals surface area (Å²) in [7, 11) is 0. The molecule has 8 heteroatoms. The summed E-state index contributed by atoms with van der Waals surface area (Å²) < 4.78 is 14.4. The van der Waals surface area contributed by atoms with Crippen LogP contribution in [0.3, 0.4) is 0 Å². The van der Waals surface area contributed by atoms with Crippen molar-refractivity contribution in [2.75, 3.05) is 17.7 Å². The van der Waals surface area contributed by atoms with E-state index in [4.69, 9.17) is 22.4 Å². The number of nitrogen functional groups attached to an aromatic ring is 1. The van der Waals surface area contributed by atoms with Crippen LogP contribution in [0.5, 0.6) is 0 Å². The smallest absolute Gasteiger partial charge is 0.196 e. The van der Waals surface area contributed by atoms with Crippen LogP contribution in [0.1, 0.15) is 29.3 Å². The molecule has 134 valence electrons. The van der Waals surface area contributed by atoms with Crippen LogP contribution < -0.4 is 11.1 Å². The lowest BCUT2D eigenvalue weighted by Gasteiger charge is -2.19. The summed E-state index contributed by atoms with van der Waals surface area (Å²) in [6.45, 7) is 1.95. The Labute approximate surface area is 166 Å². The summed E-state index contributed by atoms with van der Waals surface area (Å²) in [5.74, 6) is -1.01. The molecule has 0 amide bonds. The van der Waals surface area contributed by atoms with Gasteiger partial charge in [0.2, 0.25) is 0 Å². The van der Waals surface area contributed by atoms with Gasteiger partial charge in [0.15, 0.2) is 5.78 Å². The number of rotatable bonds is 6. The van der Waals surface area contributed by atoms with Gasteiger partial charge < -0.3 is 16.2 Å². The molecule has 0 saturated heterocycles. The fourth-order valence-corrected chi connectivity index (χ4v) is 3.98. The van der Waals surface area contributed by atoms with Gasteiger partial charge in [0.25, 0.3) is 0 Å². The Balaban J connectivity index is 2.47. The molecule has 25 heavy (non-hydrogen) atoms. The molecule has 2 rings (SSSR count). The Morgan fingerprint density at radius 1 is 1.40 bits per heavy atom. The number of nitrogens with two attached hydrogens (primary N) is 1. The first-order valence-electron chi connectivity index (χ1n) is 7.40. The average molecular weight is 495 g/mol. The zero-order chi connectivity index (χ0) is 18.7. The van der Waals surface area contributed by atoms with Gasteiger partial charge in [0.1, 0.15) is 5.82 Å². The third-order valence-electron chi connectivity index (χ3n) is 3.62. The second kappa shape index (κ2) is 8.49. The number of nitrogens with one attached hydrogen (secondary N) is 1. The van der Waals surface area contributed by atoms with Gasteiger partial charge in [-0.1, -0.05) is 11.6 Å². The second-order valence-corrected chi connectivity index (χ2v) is 7.57. The van der Waals surface area contributed by atoms with Gasteiger partial charge >= 0.3 is 0 Å². The molecule has 0 aliphatic rings. The predicted octanol–water partition coefficient (Wildman–Crippen LogP) is 5.00. The van der Waals surface area contributed by atoms with Crippen molar-refractivity contribution in [1.82, 2.24) is 0 Å². The van der Waals surface area contributed by atoms with Crippen LogP contribution in [0, 0.1) is 5.82 Å². The monoisotopic (exact) mass is 492 g/mol. The molecule has 0 aliphatic carbocycles. The van der Waals surface area contributed by atoms with Gasteiger partial charge in [-0.05, 0) is 69.5 Å². The summed E-state index contributed by atoms with van der Waals surface area (Å²) in [5, 5.41) is 12.3. The molecule has 0 aliphatic heterocycles. The highest BCUT2D eigenvalue weighted by atomic mass is 79.9. The lowest BCUT2D eigenvalue weighted by Crippen LogP contribution is -2.18. The summed E-state index contributed by atoms with van der Waals surface area (Å²) in [6, 6.07) is 5.28. The molecule has 0 aromatic heterocycles. The minimum Gasteiger partial charge on any atom is -0.396 e. The lowest BCUT2D eigenvalue weighted by molar-refractivity contribution is 0.103. The third-order valence-corrected chi connectivity index (χ3v) is 5.40. The zero-order valence-corrected chi connectivity index (χ0v) is 17.2. The molecule has 4 nitrogen and oxygen atoms in total. The molecular formula is C17H16Br2ClFN2O2. The van der Waals surface area contributed by atoms with Gasteiger partial charge in [0, 0.05) is 22.7 Å². The number of halogens is 4. The first kappa shape index (κ1) is 20.2. The Morgan fingerprint density at radius 2 is 2.08 bits per heavy atom. The zero-order valence-electron chi connectivity index (χ0n) is 13.2. The number of aliphatic hydroxyl groups excluding tert-OH is 1. The minimum absolute atomic E-state index is 0.00897. The maximum atomic E-state index is 13.5. The van der Waals surface area contributed by atoms with Crippen LogP contribution in [0.15, 0.2) is 33.2 Å². The molecule has 0 bridgehead atoms. The van der Waals surface area contributed by atoms with Crippen molar-refractivity contribution in [3.63, 3.8) is 0 Å². The van der Waals surface area contributed by atoms with Crippen LogP contribution in [0.25, 0.3) is 0 Å². The number of aliphatic hydroxyl groups is 1. The summed E-state index contributed by atoms with van der Waals surface area (Å²) in [4.78, 5) is 12.8. The van der Waals surface area contributed by atoms with Crippen LogP contribution in [-0.4, -0.2) is 23.5 Å². The van der Waals surface area contributed by atoms with E-state index in [2.05, 4.69) is 37.2 Å². The van der Waals surface area contributed by atoms with Crippen molar-refractivity contribution < 1.29 is 14.3 Å². The van der Waals surface area contributed by atoms with Crippen molar-refractivity contribution in [2.24, 2.45) is 0 Å². The number of hydrogen-bond acceptors (Lipinski definition) is 4. The molecule has 0 radical (unpaired) electrons. The maximum Gasteiger partial charge on any atom is 0.196 e. The van der Waals surface area contributed by atoms with E-state index in [1.165, 1.54) is 12.1 Å². The minimum atomic E-state index is -0.552. The van der Waals surface area contributed by atoms with Crippen molar-refractivity contribution in [2.45, 2.75) is 19.4 Å². The van der Waals surface area contributed by atoms with E-state index < -0.39 is 11.6 Å². The van der Waals surface area contributed by atoms with Crippen LogP contribution >= 0.6 is 43.5 Å². The first-order valence-corrected chi connectivity index (χ1v) is 9.37. The third kappa shape index (κ3) is 4.53. The van der Waals surface area contributed by atoms with Crippen molar-refractivity contribution in [3.05, 3.63) is 55.2 Å². The van der Waals surface area contributed by atoms with Crippen molar-refractivity contribution in [1.29, 1.82) is 0 Å². The molecule has 1 atom stereocenters. The predicted molar refractivity (Wildman–Crippen MR) is 106 cm³/mol. The molecule has 4 N–H and O–H groups in total. The Bertz CT molecular complexity index is 818. The van der Waals surface area contributed by atoms with E-state index in [0.717, 1.165) is 6.07 Å². The van der Waals surface area contributed by atoms with E-state index in [1.807, 2.05) is 6.92 Å². The first-order chi connectivity index (χ1) is 11.8. The van der Waals surface area contributed by atoms with Gasteiger partial charge in [-0.25, -0.2) is 4.39 Å². The highest BCUT2D eigenvalue weighted by Gasteiger charge is 2.23. The largest absolute Gasteiger partial charge is 0.396 e. The number of anilines is 2. The molecule has 0 unspecified atom stereocenters. The Morgan fingerprint density at radius 3 is 2.72 bits per heavy atom.